The van der Waals surface area contributed by atoms with Crippen LogP contribution in [0.5, 0.6) is 0 Å². The van der Waals surface area contributed by atoms with Crippen LogP contribution in [0.2, 0.25) is 0 Å². The number of nitrogens with one attached hydrogen (secondary N) is 1. The fourth-order valence-corrected chi connectivity index (χ4v) is 3.59. The number of carbonyl (C=O) groups is 2. The molecule has 0 radical (unpaired) electrons. The van der Waals surface area contributed by atoms with Gasteiger partial charge in [0.1, 0.15) is 11.9 Å². The molecule has 1 saturated heterocycles. The third kappa shape index (κ3) is 4.11. The Hall–Kier alpha value is -3.38. The highest BCUT2D eigenvalue weighted by atomic mass is 19.4. The molecule has 0 unspecified atom stereocenters. The van der Waals surface area contributed by atoms with Crippen molar-refractivity contribution in [3.8, 4) is 0 Å². The molecular weight excluding hydrogens is 424 g/mol. The van der Waals surface area contributed by atoms with Crippen molar-refractivity contribution in [2.24, 2.45) is 0 Å². The number of aromatic nitrogens is 3. The van der Waals surface area contributed by atoms with Gasteiger partial charge >= 0.3 is 12.3 Å². The van der Waals surface area contributed by atoms with E-state index in [9.17, 15) is 27.2 Å². The highest BCUT2D eigenvalue weighted by molar-refractivity contribution is 5.90. The molecule has 1 fully saturated rings. The van der Waals surface area contributed by atoms with Gasteiger partial charge in [0.2, 0.25) is 11.7 Å². The van der Waals surface area contributed by atoms with Crippen LogP contribution in [0.4, 0.5) is 33.7 Å². The van der Waals surface area contributed by atoms with Crippen LogP contribution in [0.25, 0.3) is 0 Å². The summed E-state index contributed by atoms with van der Waals surface area (Å²) < 4.78 is 59.9. The Morgan fingerprint density at radius 3 is 2.74 bits per heavy atom. The second kappa shape index (κ2) is 7.71. The van der Waals surface area contributed by atoms with Crippen molar-refractivity contribution in [3.63, 3.8) is 0 Å². The molecule has 0 aliphatic carbocycles. The number of anilines is 2. The maximum Gasteiger partial charge on any atom is 0.451 e. The van der Waals surface area contributed by atoms with E-state index in [2.05, 4.69) is 15.5 Å². The smallest absolute Gasteiger partial charge is 0.442 e. The van der Waals surface area contributed by atoms with Crippen molar-refractivity contribution < 1.29 is 31.9 Å². The first-order valence-corrected chi connectivity index (χ1v) is 9.40. The van der Waals surface area contributed by atoms with Gasteiger partial charge < -0.3 is 19.5 Å². The van der Waals surface area contributed by atoms with Gasteiger partial charge in [0.15, 0.2) is 5.82 Å². The predicted octanol–water partition coefficient (Wildman–Crippen LogP) is 1.92. The molecule has 2 aromatic rings. The number of ether oxygens (including phenoxy) is 1. The van der Waals surface area contributed by atoms with Gasteiger partial charge in [-0.15, -0.1) is 10.2 Å². The molecule has 0 saturated carbocycles. The Morgan fingerprint density at radius 1 is 1.29 bits per heavy atom. The maximum atomic E-state index is 14.8. The first-order chi connectivity index (χ1) is 14.6. The summed E-state index contributed by atoms with van der Waals surface area (Å²) in [7, 11) is 0. The van der Waals surface area contributed by atoms with Crippen LogP contribution in [-0.2, 0) is 28.8 Å². The number of halogens is 4. The Bertz CT molecular complexity index is 1020. The molecule has 1 N–H and O–H groups in total. The molecule has 166 valence electrons. The van der Waals surface area contributed by atoms with Crippen molar-refractivity contribution in [3.05, 3.63) is 35.7 Å². The third-order valence-electron chi connectivity index (χ3n) is 5.04. The third-order valence-corrected chi connectivity index (χ3v) is 5.04. The molecule has 3 heterocycles. The quantitative estimate of drug-likeness (QED) is 0.728. The Balaban J connectivity index is 1.48. The van der Waals surface area contributed by atoms with Gasteiger partial charge in [-0.05, 0) is 18.2 Å². The Labute approximate surface area is 173 Å². The number of nitrogens with zero attached hydrogens (tertiary/aromatic N) is 5. The number of hydrogen-bond acceptors (Lipinski definition) is 6. The number of benzene rings is 1. The van der Waals surface area contributed by atoms with Crippen LogP contribution in [-0.4, -0.2) is 52.5 Å². The maximum absolute atomic E-state index is 14.8. The minimum atomic E-state index is -4.61. The van der Waals surface area contributed by atoms with E-state index >= 15 is 0 Å². The van der Waals surface area contributed by atoms with E-state index < -0.39 is 30.0 Å². The topological polar surface area (TPSA) is 92.6 Å². The molecule has 2 aliphatic rings. The zero-order valence-corrected chi connectivity index (χ0v) is 16.3. The first kappa shape index (κ1) is 20.9. The number of hydrogen-bond donors (Lipinski definition) is 1. The van der Waals surface area contributed by atoms with E-state index in [0.29, 0.717) is 0 Å². The number of carbonyl (C=O) groups excluding carboxylic acids is 2. The van der Waals surface area contributed by atoms with Crippen molar-refractivity contribution in [1.82, 2.24) is 20.1 Å². The summed E-state index contributed by atoms with van der Waals surface area (Å²) in [6.07, 6.45) is -5.83. The lowest BCUT2D eigenvalue weighted by Gasteiger charge is -2.30. The molecule has 13 heteroatoms. The van der Waals surface area contributed by atoms with E-state index in [4.69, 9.17) is 4.74 Å². The monoisotopic (exact) mass is 442 g/mol. The summed E-state index contributed by atoms with van der Waals surface area (Å²) in [4.78, 5) is 25.9. The second-order valence-electron chi connectivity index (χ2n) is 7.20. The number of cyclic esters (lactones) is 1. The van der Waals surface area contributed by atoms with Crippen LogP contribution in [0.1, 0.15) is 18.6 Å². The summed E-state index contributed by atoms with van der Waals surface area (Å²) in [5.74, 6) is -1.88. The van der Waals surface area contributed by atoms with Gasteiger partial charge in [-0.3, -0.25) is 9.69 Å². The van der Waals surface area contributed by atoms with E-state index in [0.717, 1.165) is 10.6 Å². The molecule has 0 spiro atoms. The second-order valence-corrected chi connectivity index (χ2v) is 7.20. The average Bonchev–Trinajstić information content (AvgIpc) is 3.29. The van der Waals surface area contributed by atoms with Crippen LogP contribution < -0.4 is 15.1 Å². The summed E-state index contributed by atoms with van der Waals surface area (Å²) in [6.45, 7) is 1.69. The molecule has 1 atom stereocenters. The molecule has 4 rings (SSSR count). The minimum absolute atomic E-state index is 0.0378. The molecule has 1 aromatic heterocycles. The predicted molar refractivity (Wildman–Crippen MR) is 98.8 cm³/mol. The zero-order chi connectivity index (χ0) is 22.3. The number of fused-ring (bicyclic) bond motifs is 1. The van der Waals surface area contributed by atoms with E-state index in [1.807, 2.05) is 0 Å². The summed E-state index contributed by atoms with van der Waals surface area (Å²) >= 11 is 0. The SMILES string of the molecule is CC(=O)NC[C@H]1CN(c2ccc(N3CCn4c(nnc4C(F)(F)F)C3)c(F)c2)C(=O)O1. The number of alkyl halides is 3. The summed E-state index contributed by atoms with van der Waals surface area (Å²) in [5, 5.41) is 9.35. The lowest BCUT2D eigenvalue weighted by molar-refractivity contribution is -0.147. The van der Waals surface area contributed by atoms with Crippen molar-refractivity contribution >= 4 is 23.4 Å². The Kier molecular flexibility index (Phi) is 5.19. The fourth-order valence-electron chi connectivity index (χ4n) is 3.59. The van der Waals surface area contributed by atoms with Gasteiger partial charge in [-0.1, -0.05) is 0 Å². The van der Waals surface area contributed by atoms with E-state index in [1.54, 1.807) is 4.90 Å². The molecule has 1 aromatic carbocycles. The fraction of sp³-hybridized carbons (Fsp3) is 0.444. The normalized spacial score (nSPS) is 18.7. The van der Waals surface area contributed by atoms with Crippen molar-refractivity contribution in [2.75, 3.05) is 29.4 Å². The lowest BCUT2D eigenvalue weighted by atomic mass is 10.2. The van der Waals surface area contributed by atoms with Gasteiger partial charge in [-0.2, -0.15) is 13.2 Å². The molecular formula is C18H18F4N6O3. The number of rotatable bonds is 4. The van der Waals surface area contributed by atoms with Crippen LogP contribution in [0.3, 0.4) is 0 Å². The van der Waals surface area contributed by atoms with Gasteiger partial charge in [0, 0.05) is 20.0 Å². The summed E-state index contributed by atoms with van der Waals surface area (Å²) in [6, 6.07) is 4.15. The highest BCUT2D eigenvalue weighted by Crippen LogP contribution is 2.32. The largest absolute Gasteiger partial charge is 0.451 e. The van der Waals surface area contributed by atoms with E-state index in [1.165, 1.54) is 24.0 Å². The molecule has 2 amide bonds. The Morgan fingerprint density at radius 2 is 2.06 bits per heavy atom. The highest BCUT2D eigenvalue weighted by Gasteiger charge is 2.40. The minimum Gasteiger partial charge on any atom is -0.442 e. The molecule has 2 aliphatic heterocycles. The van der Waals surface area contributed by atoms with Crippen molar-refractivity contribution in [1.29, 1.82) is 0 Å². The average molecular weight is 442 g/mol. The van der Waals surface area contributed by atoms with Gasteiger partial charge in [-0.25, -0.2) is 9.18 Å². The van der Waals surface area contributed by atoms with Crippen LogP contribution >= 0.6 is 0 Å². The molecule has 31 heavy (non-hydrogen) atoms. The van der Waals surface area contributed by atoms with Gasteiger partial charge in [0.25, 0.3) is 0 Å². The van der Waals surface area contributed by atoms with Gasteiger partial charge in [0.05, 0.1) is 31.0 Å². The van der Waals surface area contributed by atoms with Crippen LogP contribution in [0, 0.1) is 5.82 Å². The summed E-state index contributed by atoms with van der Waals surface area (Å²) in [5.41, 5.74) is 0.449. The standard InChI is InChI=1S/C18H18F4N6O3/c1-10(29)23-7-12-8-28(17(30)31-12)11-2-3-14(13(19)6-11)26-4-5-27-15(9-26)24-25-16(27)18(20,21)22/h2-3,6,12H,4-5,7-9H2,1H3,(H,23,29)/t12-/m0/s1. The lowest BCUT2D eigenvalue weighted by Crippen LogP contribution is -2.36. The van der Waals surface area contributed by atoms with E-state index in [-0.39, 0.29) is 55.8 Å². The van der Waals surface area contributed by atoms with Crippen LogP contribution in [0.15, 0.2) is 18.2 Å². The molecule has 9 nitrogen and oxygen atoms in total. The van der Waals surface area contributed by atoms with Crippen molar-refractivity contribution in [2.45, 2.75) is 32.3 Å². The molecule has 0 bridgehead atoms. The first-order valence-electron chi connectivity index (χ1n) is 9.40. The zero-order valence-electron chi connectivity index (χ0n) is 16.3. The number of amides is 2.